The van der Waals surface area contributed by atoms with Crippen LogP contribution in [0.3, 0.4) is 0 Å². The van der Waals surface area contributed by atoms with Crippen molar-refractivity contribution in [1.29, 1.82) is 0 Å². The van der Waals surface area contributed by atoms with Gasteiger partial charge in [-0.3, -0.25) is 0 Å². The summed E-state index contributed by atoms with van der Waals surface area (Å²) in [5.41, 5.74) is 17.9. The number of rotatable bonds is 6. The Hall–Kier alpha value is -6.38. The van der Waals surface area contributed by atoms with E-state index < -0.39 is 0 Å². The zero-order chi connectivity index (χ0) is 35.5. The molecule has 8 aromatic carbocycles. The first kappa shape index (κ1) is 31.4. The number of aromatic nitrogens is 1. The fourth-order valence-electron chi connectivity index (χ4n) is 8.85. The number of benzene rings is 8. The molecule has 0 radical (unpaired) electrons. The quantitative estimate of drug-likeness (QED) is 0.155. The maximum atomic E-state index is 2.48. The van der Waals surface area contributed by atoms with Crippen molar-refractivity contribution in [2.75, 3.05) is 0 Å². The van der Waals surface area contributed by atoms with Crippen LogP contribution in [0.15, 0.2) is 194 Å². The van der Waals surface area contributed by atoms with Gasteiger partial charge in [0.1, 0.15) is 0 Å². The molecule has 9 aromatic rings. The van der Waals surface area contributed by atoms with Gasteiger partial charge in [-0.25, -0.2) is 0 Å². The minimum Gasteiger partial charge on any atom is -0.309 e. The summed E-state index contributed by atoms with van der Waals surface area (Å²) in [6.45, 7) is 4.83. The Labute approximate surface area is 311 Å². The first-order valence-corrected chi connectivity index (χ1v) is 18.6. The van der Waals surface area contributed by atoms with Gasteiger partial charge in [0.05, 0.1) is 11.0 Å². The molecule has 1 aromatic heterocycles. The van der Waals surface area contributed by atoms with Crippen LogP contribution in [-0.2, 0) is 5.41 Å². The van der Waals surface area contributed by atoms with Crippen LogP contribution in [0.2, 0.25) is 0 Å². The summed E-state index contributed by atoms with van der Waals surface area (Å²) in [7, 11) is 0. The molecule has 0 bridgehead atoms. The molecule has 53 heavy (non-hydrogen) atoms. The molecule has 0 aliphatic heterocycles. The zero-order valence-electron chi connectivity index (χ0n) is 30.0. The lowest BCUT2D eigenvalue weighted by Gasteiger charge is -2.23. The molecule has 10 rings (SSSR count). The molecule has 0 fully saturated rings. The standard InChI is InChI=1S/C51H38BN/c1-51(2)47-19-11-9-17-43(47)44-31-30-41(34-48(44)51)52(39-26-21-36(22-27-39)35-13-5-3-6-14-35)40-28-23-37(24-29-40)38-25-32-50-46(33-38)45-18-10-12-20-49(45)53(50)42-15-7-4-8-16-42/h3-34H,1-2H3. The first-order chi connectivity index (χ1) is 26.0. The second-order valence-corrected chi connectivity index (χ2v) is 14.9. The van der Waals surface area contributed by atoms with E-state index in [-0.39, 0.29) is 12.1 Å². The van der Waals surface area contributed by atoms with Crippen molar-refractivity contribution in [3.63, 3.8) is 0 Å². The average Bonchev–Trinajstić information content (AvgIpc) is 3.67. The van der Waals surface area contributed by atoms with E-state index in [9.17, 15) is 0 Å². The fourth-order valence-corrected chi connectivity index (χ4v) is 8.85. The van der Waals surface area contributed by atoms with Gasteiger partial charge in [-0.2, -0.15) is 0 Å². The summed E-state index contributed by atoms with van der Waals surface area (Å²) in [5, 5.41) is 2.54. The molecule has 0 atom stereocenters. The third-order valence-corrected chi connectivity index (χ3v) is 11.6. The summed E-state index contributed by atoms with van der Waals surface area (Å²) >= 11 is 0. The summed E-state index contributed by atoms with van der Waals surface area (Å²) in [6.07, 6.45) is 0. The molecule has 1 heterocycles. The third kappa shape index (κ3) is 5.17. The number of fused-ring (bicyclic) bond motifs is 6. The highest BCUT2D eigenvalue weighted by Gasteiger charge is 2.36. The molecule has 1 aliphatic rings. The van der Waals surface area contributed by atoms with Gasteiger partial charge in [-0.15, -0.1) is 0 Å². The van der Waals surface area contributed by atoms with Gasteiger partial charge >= 0.3 is 0 Å². The van der Waals surface area contributed by atoms with E-state index >= 15 is 0 Å². The Balaban J connectivity index is 1.07. The van der Waals surface area contributed by atoms with Gasteiger partial charge in [-0.05, 0) is 74.8 Å². The molecule has 250 valence electrons. The molecule has 1 nitrogen and oxygen atoms in total. The van der Waals surface area contributed by atoms with E-state index in [1.807, 2.05) is 0 Å². The molecule has 0 amide bonds. The van der Waals surface area contributed by atoms with Crippen molar-refractivity contribution in [3.05, 3.63) is 205 Å². The Bertz CT molecular complexity index is 2780. The predicted octanol–water partition coefficient (Wildman–Crippen LogP) is 10.9. The van der Waals surface area contributed by atoms with Gasteiger partial charge in [0, 0.05) is 21.9 Å². The molecular weight excluding hydrogens is 637 g/mol. The minimum absolute atomic E-state index is 0.0597. The van der Waals surface area contributed by atoms with Gasteiger partial charge in [0.15, 0.2) is 0 Å². The molecular formula is C51H38BN. The van der Waals surface area contributed by atoms with E-state index in [0.29, 0.717) is 0 Å². The highest BCUT2D eigenvalue weighted by Crippen LogP contribution is 2.48. The summed E-state index contributed by atoms with van der Waals surface area (Å²) < 4.78 is 2.38. The third-order valence-electron chi connectivity index (χ3n) is 11.6. The van der Waals surface area contributed by atoms with E-state index in [1.54, 1.807) is 0 Å². The largest absolute Gasteiger partial charge is 0.309 e. The van der Waals surface area contributed by atoms with Crippen molar-refractivity contribution in [2.45, 2.75) is 19.3 Å². The molecule has 0 unspecified atom stereocenters. The van der Waals surface area contributed by atoms with Crippen LogP contribution in [0.5, 0.6) is 0 Å². The fraction of sp³-hybridized carbons (Fsp3) is 0.0588. The van der Waals surface area contributed by atoms with Crippen molar-refractivity contribution in [1.82, 2.24) is 4.57 Å². The van der Waals surface area contributed by atoms with Gasteiger partial charge in [0.25, 0.3) is 0 Å². The van der Waals surface area contributed by atoms with Crippen LogP contribution in [-0.4, -0.2) is 11.3 Å². The smallest absolute Gasteiger partial charge is 0.241 e. The summed E-state index contributed by atoms with van der Waals surface area (Å²) in [6, 6.07) is 71.6. The highest BCUT2D eigenvalue weighted by molar-refractivity contribution is 6.95. The maximum Gasteiger partial charge on any atom is 0.241 e. The molecule has 0 saturated heterocycles. The lowest BCUT2D eigenvalue weighted by molar-refractivity contribution is 0.661. The number of hydrogen-bond donors (Lipinski definition) is 0. The van der Waals surface area contributed by atoms with Crippen molar-refractivity contribution < 1.29 is 0 Å². The van der Waals surface area contributed by atoms with Gasteiger partial charge in [0.2, 0.25) is 6.71 Å². The first-order valence-electron chi connectivity index (χ1n) is 18.6. The Morgan fingerprint density at radius 3 is 1.64 bits per heavy atom. The average molecular weight is 676 g/mol. The van der Waals surface area contributed by atoms with Crippen LogP contribution in [0.4, 0.5) is 0 Å². The summed E-state index contributed by atoms with van der Waals surface area (Å²) in [5.74, 6) is 0. The Kier molecular flexibility index (Phi) is 7.33. The number of nitrogens with zero attached hydrogens (tertiary/aromatic N) is 1. The molecule has 0 saturated carbocycles. The van der Waals surface area contributed by atoms with E-state index in [0.717, 1.165) is 0 Å². The topological polar surface area (TPSA) is 4.93 Å². The lowest BCUT2D eigenvalue weighted by Crippen LogP contribution is -2.52. The SMILES string of the molecule is CC1(C)c2ccccc2-c2ccc(B(c3ccc(-c4ccccc4)cc3)c3ccc(-c4ccc5c(c4)c4ccccc4n5-c4ccccc4)cc3)cc21. The van der Waals surface area contributed by atoms with Crippen LogP contribution in [0.1, 0.15) is 25.0 Å². The highest BCUT2D eigenvalue weighted by atomic mass is 15.0. The van der Waals surface area contributed by atoms with Crippen LogP contribution in [0, 0.1) is 0 Å². The molecule has 0 spiro atoms. The molecule has 0 N–H and O–H groups in total. The second kappa shape index (κ2) is 12.4. The molecule has 2 heteroatoms. The summed E-state index contributed by atoms with van der Waals surface area (Å²) in [4.78, 5) is 0. The number of hydrogen-bond acceptors (Lipinski definition) is 0. The van der Waals surface area contributed by atoms with Crippen LogP contribution < -0.4 is 16.4 Å². The van der Waals surface area contributed by atoms with Crippen molar-refractivity contribution >= 4 is 44.9 Å². The number of para-hydroxylation sites is 2. The normalized spacial score (nSPS) is 12.9. The Morgan fingerprint density at radius 1 is 0.377 bits per heavy atom. The van der Waals surface area contributed by atoms with E-state index in [4.69, 9.17) is 0 Å². The predicted molar refractivity (Wildman–Crippen MR) is 227 cm³/mol. The lowest BCUT2D eigenvalue weighted by atomic mass is 9.36. The monoisotopic (exact) mass is 675 g/mol. The van der Waals surface area contributed by atoms with Crippen LogP contribution >= 0.6 is 0 Å². The van der Waals surface area contributed by atoms with Gasteiger partial charge in [-0.1, -0.05) is 194 Å². The molecule has 1 aliphatic carbocycles. The van der Waals surface area contributed by atoms with Crippen LogP contribution in [0.25, 0.3) is 60.9 Å². The zero-order valence-corrected chi connectivity index (χ0v) is 30.0. The Morgan fingerprint density at radius 2 is 0.906 bits per heavy atom. The van der Waals surface area contributed by atoms with Crippen molar-refractivity contribution in [2.24, 2.45) is 0 Å². The van der Waals surface area contributed by atoms with Gasteiger partial charge < -0.3 is 4.57 Å². The van der Waals surface area contributed by atoms with Crippen molar-refractivity contribution in [3.8, 4) is 39.1 Å². The minimum atomic E-state index is -0.0597. The van der Waals surface area contributed by atoms with E-state index in [2.05, 4.69) is 213 Å². The second-order valence-electron chi connectivity index (χ2n) is 14.9. The maximum absolute atomic E-state index is 2.48. The van der Waals surface area contributed by atoms with E-state index in [1.165, 1.54) is 88.4 Å².